The number of amides is 1. The fourth-order valence-electron chi connectivity index (χ4n) is 4.09. The Labute approximate surface area is 173 Å². The molecule has 0 aromatic heterocycles. The average Bonchev–Trinajstić information content (AvgIpc) is 2.72. The van der Waals surface area contributed by atoms with Crippen LogP contribution in [0.4, 0.5) is 0 Å². The molecule has 2 aromatic rings. The molecule has 28 heavy (non-hydrogen) atoms. The maximum atomic E-state index is 12.7. The van der Waals surface area contributed by atoms with E-state index in [-0.39, 0.29) is 5.91 Å². The molecule has 1 amide bonds. The number of benzene rings is 2. The summed E-state index contributed by atoms with van der Waals surface area (Å²) in [6.07, 6.45) is 1.04. The summed E-state index contributed by atoms with van der Waals surface area (Å²) in [6, 6.07) is 11.8. The molecule has 0 bridgehead atoms. The molecule has 0 saturated carbocycles. The second-order valence-electron chi connectivity index (χ2n) is 7.37. The number of carbonyl (C=O) groups is 1. The van der Waals surface area contributed by atoms with E-state index in [1.807, 2.05) is 4.90 Å². The van der Waals surface area contributed by atoms with Gasteiger partial charge in [-0.3, -0.25) is 9.69 Å². The Balaban J connectivity index is 1.70. The van der Waals surface area contributed by atoms with E-state index in [4.69, 9.17) is 16.3 Å². The summed E-state index contributed by atoms with van der Waals surface area (Å²) in [5.41, 5.74) is 4.56. The molecule has 0 radical (unpaired) electrons. The lowest BCUT2D eigenvalue weighted by molar-refractivity contribution is 0.0562. The highest BCUT2D eigenvalue weighted by atomic mass is 35.5. The van der Waals surface area contributed by atoms with Crippen molar-refractivity contribution in [2.45, 2.75) is 33.2 Å². The molecule has 5 heteroatoms. The Morgan fingerprint density at radius 3 is 2.25 bits per heavy atom. The molecule has 1 saturated heterocycles. The first kappa shape index (κ1) is 20.7. The first-order chi connectivity index (χ1) is 13.5. The number of ether oxygens (including phenoxy) is 1. The molecule has 1 fully saturated rings. The van der Waals surface area contributed by atoms with Crippen molar-refractivity contribution in [3.63, 3.8) is 0 Å². The molecule has 1 heterocycles. The maximum absolute atomic E-state index is 12.7. The van der Waals surface area contributed by atoms with E-state index in [1.165, 1.54) is 16.7 Å². The minimum absolute atomic E-state index is 0.0841. The molecule has 1 aliphatic heterocycles. The SMILES string of the molecule is CCC(c1ccc(OC)c(C)c1C)N1CCN(C(=O)c2ccc(Cl)cc2)CC1. The lowest BCUT2D eigenvalue weighted by Gasteiger charge is -2.40. The third kappa shape index (κ3) is 4.18. The number of rotatable bonds is 5. The van der Waals surface area contributed by atoms with Gasteiger partial charge in [0.1, 0.15) is 5.75 Å². The number of piperazine rings is 1. The van der Waals surface area contributed by atoms with Crippen molar-refractivity contribution in [2.24, 2.45) is 0 Å². The number of hydrogen-bond acceptors (Lipinski definition) is 3. The summed E-state index contributed by atoms with van der Waals surface area (Å²) in [6.45, 7) is 9.77. The van der Waals surface area contributed by atoms with Gasteiger partial charge in [0.05, 0.1) is 7.11 Å². The lowest BCUT2D eigenvalue weighted by Crippen LogP contribution is -2.49. The van der Waals surface area contributed by atoms with Gasteiger partial charge in [-0.1, -0.05) is 24.6 Å². The van der Waals surface area contributed by atoms with Crippen molar-refractivity contribution >= 4 is 17.5 Å². The normalized spacial score (nSPS) is 16.1. The largest absolute Gasteiger partial charge is 0.496 e. The number of nitrogens with zero attached hydrogens (tertiary/aromatic N) is 2. The van der Waals surface area contributed by atoms with Gasteiger partial charge in [0.15, 0.2) is 0 Å². The molecule has 150 valence electrons. The van der Waals surface area contributed by atoms with Gasteiger partial charge < -0.3 is 9.64 Å². The predicted octanol–water partition coefficient (Wildman–Crippen LogP) is 4.87. The van der Waals surface area contributed by atoms with Crippen molar-refractivity contribution < 1.29 is 9.53 Å². The summed E-state index contributed by atoms with van der Waals surface area (Å²) in [5.74, 6) is 1.02. The Morgan fingerprint density at radius 1 is 1.04 bits per heavy atom. The van der Waals surface area contributed by atoms with Gasteiger partial charge in [0, 0.05) is 42.8 Å². The van der Waals surface area contributed by atoms with Crippen LogP contribution in [0.1, 0.15) is 46.4 Å². The number of carbonyl (C=O) groups excluding carboxylic acids is 1. The summed E-state index contributed by atoms with van der Waals surface area (Å²) in [7, 11) is 1.72. The smallest absolute Gasteiger partial charge is 0.253 e. The Morgan fingerprint density at radius 2 is 1.68 bits per heavy atom. The minimum Gasteiger partial charge on any atom is -0.496 e. The van der Waals surface area contributed by atoms with Crippen LogP contribution < -0.4 is 4.74 Å². The summed E-state index contributed by atoms with van der Waals surface area (Å²) < 4.78 is 5.46. The third-order valence-electron chi connectivity index (χ3n) is 5.88. The van der Waals surface area contributed by atoms with Crippen LogP contribution in [-0.4, -0.2) is 49.0 Å². The Bertz CT molecular complexity index is 827. The standard InChI is InChI=1S/C23H29ClN2O2/c1-5-21(20-10-11-22(28-4)17(3)16(20)2)25-12-14-26(15-13-25)23(27)18-6-8-19(24)9-7-18/h6-11,21H,5,12-15H2,1-4H3. The maximum Gasteiger partial charge on any atom is 0.253 e. The van der Waals surface area contributed by atoms with Crippen molar-refractivity contribution in [1.29, 1.82) is 0 Å². The van der Waals surface area contributed by atoms with Gasteiger partial charge in [-0.05, 0) is 67.3 Å². The van der Waals surface area contributed by atoms with Gasteiger partial charge >= 0.3 is 0 Å². The molecule has 2 aromatic carbocycles. The van der Waals surface area contributed by atoms with E-state index in [0.717, 1.165) is 38.3 Å². The molecule has 0 spiro atoms. The van der Waals surface area contributed by atoms with E-state index < -0.39 is 0 Å². The molecular formula is C23H29ClN2O2. The molecular weight excluding hydrogens is 372 g/mol. The van der Waals surface area contributed by atoms with Crippen LogP contribution in [-0.2, 0) is 0 Å². The highest BCUT2D eigenvalue weighted by molar-refractivity contribution is 6.30. The van der Waals surface area contributed by atoms with Crippen molar-refractivity contribution in [1.82, 2.24) is 9.80 Å². The average molecular weight is 401 g/mol. The number of methoxy groups -OCH3 is 1. The quantitative estimate of drug-likeness (QED) is 0.717. The first-order valence-corrected chi connectivity index (χ1v) is 10.3. The van der Waals surface area contributed by atoms with Crippen LogP contribution in [0.25, 0.3) is 0 Å². The monoisotopic (exact) mass is 400 g/mol. The van der Waals surface area contributed by atoms with Gasteiger partial charge in [-0.2, -0.15) is 0 Å². The van der Waals surface area contributed by atoms with Crippen molar-refractivity contribution in [2.75, 3.05) is 33.3 Å². The third-order valence-corrected chi connectivity index (χ3v) is 6.13. The van der Waals surface area contributed by atoms with Gasteiger partial charge in [-0.15, -0.1) is 0 Å². The summed E-state index contributed by atoms with van der Waals surface area (Å²) in [5, 5.41) is 0.650. The highest BCUT2D eigenvalue weighted by Gasteiger charge is 2.28. The summed E-state index contributed by atoms with van der Waals surface area (Å²) in [4.78, 5) is 17.2. The summed E-state index contributed by atoms with van der Waals surface area (Å²) >= 11 is 5.93. The Kier molecular flexibility index (Phi) is 6.63. The van der Waals surface area contributed by atoms with Crippen LogP contribution in [0, 0.1) is 13.8 Å². The van der Waals surface area contributed by atoms with Gasteiger partial charge in [0.2, 0.25) is 0 Å². The lowest BCUT2D eigenvalue weighted by atomic mass is 9.93. The van der Waals surface area contributed by atoms with Crippen LogP contribution >= 0.6 is 11.6 Å². The second kappa shape index (κ2) is 8.97. The minimum atomic E-state index is 0.0841. The fourth-order valence-corrected chi connectivity index (χ4v) is 4.21. The second-order valence-corrected chi connectivity index (χ2v) is 7.80. The molecule has 0 N–H and O–H groups in total. The zero-order valence-electron chi connectivity index (χ0n) is 17.2. The van der Waals surface area contributed by atoms with Crippen LogP contribution in [0.3, 0.4) is 0 Å². The number of halogens is 1. The van der Waals surface area contributed by atoms with Crippen LogP contribution in [0.5, 0.6) is 5.75 Å². The molecule has 3 rings (SSSR count). The van der Waals surface area contributed by atoms with E-state index >= 15 is 0 Å². The van der Waals surface area contributed by atoms with E-state index in [0.29, 0.717) is 16.6 Å². The Hall–Kier alpha value is -2.04. The van der Waals surface area contributed by atoms with E-state index in [9.17, 15) is 4.79 Å². The topological polar surface area (TPSA) is 32.8 Å². The van der Waals surface area contributed by atoms with Crippen molar-refractivity contribution in [3.8, 4) is 5.75 Å². The first-order valence-electron chi connectivity index (χ1n) is 9.89. The van der Waals surface area contributed by atoms with Crippen molar-refractivity contribution in [3.05, 3.63) is 63.7 Å². The predicted molar refractivity (Wildman–Crippen MR) is 114 cm³/mol. The number of hydrogen-bond donors (Lipinski definition) is 0. The van der Waals surface area contributed by atoms with Crippen LogP contribution in [0.2, 0.25) is 5.02 Å². The molecule has 0 aliphatic carbocycles. The molecule has 1 aliphatic rings. The zero-order chi connectivity index (χ0) is 20.3. The van der Waals surface area contributed by atoms with Gasteiger partial charge in [-0.25, -0.2) is 0 Å². The highest BCUT2D eigenvalue weighted by Crippen LogP contribution is 2.33. The van der Waals surface area contributed by atoms with Gasteiger partial charge in [0.25, 0.3) is 5.91 Å². The van der Waals surface area contributed by atoms with Crippen LogP contribution in [0.15, 0.2) is 36.4 Å². The molecule has 1 atom stereocenters. The fraction of sp³-hybridized carbons (Fsp3) is 0.435. The van der Waals surface area contributed by atoms with E-state index in [1.54, 1.807) is 31.4 Å². The molecule has 4 nitrogen and oxygen atoms in total. The zero-order valence-corrected chi connectivity index (χ0v) is 17.9. The van der Waals surface area contributed by atoms with E-state index in [2.05, 4.69) is 37.8 Å². The molecule has 1 unspecified atom stereocenters.